The Kier molecular flexibility index (Phi) is 30.4. The van der Waals surface area contributed by atoms with E-state index in [0.717, 1.165) is 12.8 Å². The van der Waals surface area contributed by atoms with E-state index in [9.17, 15) is 4.79 Å². The first-order valence-corrected chi connectivity index (χ1v) is 7.68. The summed E-state index contributed by atoms with van der Waals surface area (Å²) in [4.78, 5) is 10.1. The number of carboxylic acid groups (broad SMARTS) is 1. The van der Waals surface area contributed by atoms with Crippen molar-refractivity contribution in [3.63, 3.8) is 0 Å². The van der Waals surface area contributed by atoms with Crippen molar-refractivity contribution in [2.75, 3.05) is 0 Å². The molecule has 0 saturated carbocycles. The van der Waals surface area contributed by atoms with Crippen LogP contribution in [0.15, 0.2) is 0 Å². The molecule has 0 radical (unpaired) electrons. The van der Waals surface area contributed by atoms with E-state index in [0.29, 0.717) is 6.42 Å². The second-order valence-electron chi connectivity index (χ2n) is 4.82. The van der Waals surface area contributed by atoms with Crippen LogP contribution < -0.4 is 29.6 Å². The van der Waals surface area contributed by atoms with Gasteiger partial charge in [-0.25, -0.2) is 0 Å². The molecule has 0 rings (SSSR count). The summed E-state index contributed by atoms with van der Waals surface area (Å²) >= 11 is 0. The van der Waals surface area contributed by atoms with Crippen molar-refractivity contribution < 1.29 is 39.5 Å². The standard InChI is InChI=1S/C10H20O2.C6H13.Na/c1-2-3-4-5-6-7-8-9-10(11)12;1-3-5-6-4-2;/h2-9H2,1H3,(H,11,12);3H,4-6H2,1-2H3;/q;-1;+1. The van der Waals surface area contributed by atoms with Crippen LogP contribution in [0, 0.1) is 6.42 Å². The van der Waals surface area contributed by atoms with Crippen molar-refractivity contribution in [1.82, 2.24) is 0 Å². The van der Waals surface area contributed by atoms with E-state index in [2.05, 4.69) is 27.2 Å². The van der Waals surface area contributed by atoms with E-state index in [4.69, 9.17) is 5.11 Å². The van der Waals surface area contributed by atoms with Crippen LogP contribution in [0.3, 0.4) is 0 Å². The minimum Gasteiger partial charge on any atom is -0.481 e. The molecular formula is C16H33NaO2. The van der Waals surface area contributed by atoms with Crippen LogP contribution in [-0.2, 0) is 4.79 Å². The summed E-state index contributed by atoms with van der Waals surface area (Å²) < 4.78 is 0. The summed E-state index contributed by atoms with van der Waals surface area (Å²) in [5.41, 5.74) is 0. The Labute approximate surface area is 143 Å². The average molecular weight is 280 g/mol. The van der Waals surface area contributed by atoms with E-state index < -0.39 is 5.97 Å². The van der Waals surface area contributed by atoms with Gasteiger partial charge in [0.15, 0.2) is 0 Å². The number of carbonyl (C=O) groups is 1. The fraction of sp³-hybridized carbons (Fsp3) is 0.875. The monoisotopic (exact) mass is 280 g/mol. The molecule has 0 fully saturated rings. The van der Waals surface area contributed by atoms with Gasteiger partial charge in [-0.3, -0.25) is 4.79 Å². The van der Waals surface area contributed by atoms with Gasteiger partial charge in [-0.2, -0.15) is 13.3 Å². The van der Waals surface area contributed by atoms with Crippen molar-refractivity contribution in [3.8, 4) is 0 Å². The third-order valence-corrected chi connectivity index (χ3v) is 2.84. The Morgan fingerprint density at radius 2 is 1.37 bits per heavy atom. The molecule has 19 heavy (non-hydrogen) atoms. The molecule has 0 spiro atoms. The van der Waals surface area contributed by atoms with Crippen LogP contribution >= 0.6 is 0 Å². The van der Waals surface area contributed by atoms with Gasteiger partial charge in [0.1, 0.15) is 0 Å². The molecule has 0 aliphatic rings. The van der Waals surface area contributed by atoms with Crippen LogP contribution in [0.1, 0.15) is 91.4 Å². The van der Waals surface area contributed by atoms with E-state index in [-0.39, 0.29) is 29.6 Å². The van der Waals surface area contributed by atoms with Gasteiger partial charge in [0, 0.05) is 6.42 Å². The quantitative estimate of drug-likeness (QED) is 0.359. The number of rotatable bonds is 11. The number of unbranched alkanes of at least 4 members (excludes halogenated alkanes) is 9. The van der Waals surface area contributed by atoms with E-state index >= 15 is 0 Å². The Morgan fingerprint density at radius 3 is 1.74 bits per heavy atom. The molecule has 0 aromatic heterocycles. The molecule has 110 valence electrons. The molecule has 3 heteroatoms. The maximum Gasteiger partial charge on any atom is 1.00 e. The first kappa shape index (κ1) is 24.5. The molecule has 2 nitrogen and oxygen atoms in total. The first-order valence-electron chi connectivity index (χ1n) is 7.68. The SMILES string of the molecule is CCCCCCCCCC(=O)O.C[CH-]CCCC.[Na+]. The molecule has 0 aliphatic heterocycles. The molecular weight excluding hydrogens is 247 g/mol. The molecule has 0 heterocycles. The van der Waals surface area contributed by atoms with E-state index in [1.165, 1.54) is 51.4 Å². The van der Waals surface area contributed by atoms with Gasteiger partial charge in [0.05, 0.1) is 0 Å². The Balaban J connectivity index is -0.000000313. The van der Waals surface area contributed by atoms with Crippen LogP contribution in [0.25, 0.3) is 0 Å². The molecule has 0 unspecified atom stereocenters. The van der Waals surface area contributed by atoms with Gasteiger partial charge in [-0.15, -0.1) is 0 Å². The maximum absolute atomic E-state index is 10.1. The molecule has 1 N–H and O–H groups in total. The summed E-state index contributed by atoms with van der Waals surface area (Å²) in [6.45, 7) is 6.52. The van der Waals surface area contributed by atoms with Crippen molar-refractivity contribution in [2.24, 2.45) is 0 Å². The second-order valence-corrected chi connectivity index (χ2v) is 4.82. The Hall–Kier alpha value is 0.470. The van der Waals surface area contributed by atoms with Crippen LogP contribution in [-0.4, -0.2) is 11.1 Å². The molecule has 0 aliphatic carbocycles. The number of hydrogen-bond acceptors (Lipinski definition) is 1. The van der Waals surface area contributed by atoms with Gasteiger partial charge in [0.2, 0.25) is 0 Å². The van der Waals surface area contributed by atoms with E-state index in [1.807, 2.05) is 0 Å². The topological polar surface area (TPSA) is 37.3 Å². The third-order valence-electron chi connectivity index (χ3n) is 2.84. The normalized spacial score (nSPS) is 9.21. The van der Waals surface area contributed by atoms with Gasteiger partial charge >= 0.3 is 35.5 Å². The van der Waals surface area contributed by atoms with Crippen LogP contribution in [0.5, 0.6) is 0 Å². The molecule has 0 bridgehead atoms. The summed E-state index contributed by atoms with van der Waals surface area (Å²) in [7, 11) is 0. The minimum atomic E-state index is -0.663. The summed E-state index contributed by atoms with van der Waals surface area (Å²) in [6, 6.07) is 0. The fourth-order valence-electron chi connectivity index (χ4n) is 1.64. The van der Waals surface area contributed by atoms with Crippen molar-refractivity contribution in [3.05, 3.63) is 6.42 Å². The molecule has 0 amide bonds. The summed E-state index contributed by atoms with van der Waals surface area (Å²) in [6.07, 6.45) is 14.8. The predicted octanol–water partition coefficient (Wildman–Crippen LogP) is 2.62. The zero-order chi connectivity index (χ0) is 14.1. The van der Waals surface area contributed by atoms with Crippen molar-refractivity contribution >= 4 is 5.97 Å². The Bertz CT molecular complexity index is 157. The van der Waals surface area contributed by atoms with Gasteiger partial charge in [-0.1, -0.05) is 65.2 Å². The van der Waals surface area contributed by atoms with Crippen LogP contribution in [0.4, 0.5) is 0 Å². The number of carboxylic acids is 1. The average Bonchev–Trinajstić information content (AvgIpc) is 2.36. The van der Waals surface area contributed by atoms with Gasteiger partial charge in [0.25, 0.3) is 0 Å². The second kappa shape index (κ2) is 23.6. The van der Waals surface area contributed by atoms with Crippen LogP contribution in [0.2, 0.25) is 0 Å². The zero-order valence-electron chi connectivity index (χ0n) is 13.7. The summed E-state index contributed by atoms with van der Waals surface area (Å²) in [5, 5.41) is 8.35. The van der Waals surface area contributed by atoms with Gasteiger partial charge in [-0.05, 0) is 6.42 Å². The number of hydrogen-bond donors (Lipinski definition) is 1. The predicted molar refractivity (Wildman–Crippen MR) is 79.7 cm³/mol. The largest absolute Gasteiger partial charge is 1.00 e. The van der Waals surface area contributed by atoms with Crippen molar-refractivity contribution in [1.29, 1.82) is 0 Å². The fourth-order valence-corrected chi connectivity index (χ4v) is 1.64. The molecule has 0 atom stereocenters. The smallest absolute Gasteiger partial charge is 0.481 e. The van der Waals surface area contributed by atoms with E-state index in [1.54, 1.807) is 0 Å². The maximum atomic E-state index is 10.1. The summed E-state index contributed by atoms with van der Waals surface area (Å²) in [5.74, 6) is -0.663. The third kappa shape index (κ3) is 32.2. The molecule has 0 aromatic carbocycles. The minimum absolute atomic E-state index is 0. The first-order chi connectivity index (χ1) is 8.68. The van der Waals surface area contributed by atoms with Crippen molar-refractivity contribution in [2.45, 2.75) is 91.4 Å². The number of aliphatic carboxylic acids is 1. The van der Waals surface area contributed by atoms with Gasteiger partial charge < -0.3 is 11.5 Å². The molecule has 0 aromatic rings. The Morgan fingerprint density at radius 1 is 0.895 bits per heavy atom. The zero-order valence-corrected chi connectivity index (χ0v) is 15.7. The molecule has 0 saturated heterocycles.